The number of hydrogen-bond donors (Lipinski definition) is 1. The number of aliphatic hydroxyl groups is 1. The van der Waals surface area contributed by atoms with E-state index in [1.54, 1.807) is 0 Å². The number of aliphatic hydroxyl groups excluding tert-OH is 1. The zero-order valence-electron chi connectivity index (χ0n) is 11.5. The molecule has 1 aliphatic rings. The summed E-state index contributed by atoms with van der Waals surface area (Å²) in [5.74, 6) is 5.60. The molecule has 3 nitrogen and oxygen atoms in total. The Bertz CT molecular complexity index is 248. The Balaban J connectivity index is 1.94. The van der Waals surface area contributed by atoms with E-state index in [9.17, 15) is 0 Å². The van der Waals surface area contributed by atoms with Crippen LogP contribution in [0.1, 0.15) is 58.3 Å². The highest BCUT2D eigenvalue weighted by Crippen LogP contribution is 2.17. The van der Waals surface area contributed by atoms with Crippen LogP contribution in [-0.4, -0.2) is 30.7 Å². The van der Waals surface area contributed by atoms with Gasteiger partial charge in [0.25, 0.3) is 0 Å². The quantitative estimate of drug-likeness (QED) is 0.561. The molecule has 0 amide bonds. The summed E-state index contributed by atoms with van der Waals surface area (Å²) in [5, 5.41) is 8.50. The first-order valence-electron chi connectivity index (χ1n) is 7.16. The largest absolute Gasteiger partial charge is 0.384 e. The molecule has 104 valence electrons. The minimum atomic E-state index is -0.0216. The van der Waals surface area contributed by atoms with E-state index in [-0.39, 0.29) is 19.0 Å². The van der Waals surface area contributed by atoms with Gasteiger partial charge in [-0.2, -0.15) is 0 Å². The van der Waals surface area contributed by atoms with Crippen LogP contribution in [0, 0.1) is 11.8 Å². The molecule has 0 spiro atoms. The molecule has 1 fully saturated rings. The smallest absolute Gasteiger partial charge is 0.157 e. The van der Waals surface area contributed by atoms with E-state index in [0.717, 1.165) is 32.3 Å². The van der Waals surface area contributed by atoms with Crippen LogP contribution in [0.4, 0.5) is 0 Å². The maximum absolute atomic E-state index is 8.50. The summed E-state index contributed by atoms with van der Waals surface area (Å²) >= 11 is 0. The molecular weight excluding hydrogens is 228 g/mol. The van der Waals surface area contributed by atoms with Gasteiger partial charge in [0, 0.05) is 13.0 Å². The molecular formula is C15H26O3. The third-order valence-electron chi connectivity index (χ3n) is 3.14. The van der Waals surface area contributed by atoms with Crippen molar-refractivity contribution >= 4 is 0 Å². The van der Waals surface area contributed by atoms with Gasteiger partial charge in [0.05, 0.1) is 6.10 Å². The molecule has 1 N–H and O–H groups in total. The molecule has 1 saturated heterocycles. The van der Waals surface area contributed by atoms with Crippen molar-refractivity contribution < 1.29 is 14.6 Å². The van der Waals surface area contributed by atoms with E-state index in [2.05, 4.69) is 18.8 Å². The fourth-order valence-electron chi connectivity index (χ4n) is 2.11. The lowest BCUT2D eigenvalue weighted by atomic mass is 10.1. The zero-order chi connectivity index (χ0) is 13.1. The molecule has 1 rings (SSSR count). The van der Waals surface area contributed by atoms with Gasteiger partial charge in [0.2, 0.25) is 0 Å². The van der Waals surface area contributed by atoms with Crippen molar-refractivity contribution in [3.63, 3.8) is 0 Å². The van der Waals surface area contributed by atoms with Crippen molar-refractivity contribution in [2.24, 2.45) is 0 Å². The average molecular weight is 254 g/mol. The van der Waals surface area contributed by atoms with Crippen molar-refractivity contribution in [1.29, 1.82) is 0 Å². The van der Waals surface area contributed by atoms with Gasteiger partial charge in [0.15, 0.2) is 6.29 Å². The van der Waals surface area contributed by atoms with Gasteiger partial charge in [-0.25, -0.2) is 0 Å². The SMILES string of the molecule is CC(CCCCCC#CCO)OC1CCCCO1. The molecule has 0 aromatic carbocycles. The monoisotopic (exact) mass is 254 g/mol. The lowest BCUT2D eigenvalue weighted by Crippen LogP contribution is -2.26. The second-order valence-electron chi connectivity index (χ2n) is 4.85. The summed E-state index contributed by atoms with van der Waals surface area (Å²) in [6.07, 6.45) is 9.20. The lowest BCUT2D eigenvalue weighted by molar-refractivity contribution is -0.185. The third kappa shape index (κ3) is 7.71. The van der Waals surface area contributed by atoms with E-state index >= 15 is 0 Å². The Morgan fingerprint density at radius 3 is 2.89 bits per heavy atom. The van der Waals surface area contributed by atoms with Gasteiger partial charge in [-0.05, 0) is 39.0 Å². The first-order chi connectivity index (χ1) is 8.83. The van der Waals surface area contributed by atoms with Crippen molar-refractivity contribution in [3.8, 4) is 11.8 Å². The van der Waals surface area contributed by atoms with Crippen molar-refractivity contribution in [1.82, 2.24) is 0 Å². The zero-order valence-corrected chi connectivity index (χ0v) is 11.5. The van der Waals surface area contributed by atoms with E-state index in [1.807, 2.05) is 0 Å². The second-order valence-corrected chi connectivity index (χ2v) is 4.85. The van der Waals surface area contributed by atoms with Crippen LogP contribution in [0.5, 0.6) is 0 Å². The summed E-state index contributed by atoms with van der Waals surface area (Å²) in [4.78, 5) is 0. The fraction of sp³-hybridized carbons (Fsp3) is 0.867. The summed E-state index contributed by atoms with van der Waals surface area (Å²) in [5.41, 5.74) is 0. The average Bonchev–Trinajstić information content (AvgIpc) is 2.39. The van der Waals surface area contributed by atoms with Gasteiger partial charge in [0.1, 0.15) is 6.61 Å². The van der Waals surface area contributed by atoms with E-state index in [1.165, 1.54) is 25.7 Å². The topological polar surface area (TPSA) is 38.7 Å². The first-order valence-corrected chi connectivity index (χ1v) is 7.16. The molecule has 0 aromatic heterocycles. The Morgan fingerprint density at radius 1 is 1.28 bits per heavy atom. The molecule has 2 atom stereocenters. The number of ether oxygens (including phenoxy) is 2. The maximum atomic E-state index is 8.50. The standard InChI is InChI=1S/C15H26O3/c1-14(18-15-11-7-9-13-17-15)10-6-4-2-3-5-8-12-16/h14-16H,2-4,6-7,9-13H2,1H3. The number of hydrogen-bond acceptors (Lipinski definition) is 3. The molecule has 18 heavy (non-hydrogen) atoms. The predicted octanol–water partition coefficient (Wildman–Crippen LogP) is 2.86. The van der Waals surface area contributed by atoms with Crippen LogP contribution < -0.4 is 0 Å². The summed E-state index contributed by atoms with van der Waals surface area (Å²) in [6, 6.07) is 0. The molecule has 1 heterocycles. The molecule has 0 aliphatic carbocycles. The van der Waals surface area contributed by atoms with Crippen molar-refractivity contribution in [3.05, 3.63) is 0 Å². The van der Waals surface area contributed by atoms with Crippen LogP contribution >= 0.6 is 0 Å². The highest BCUT2D eigenvalue weighted by atomic mass is 16.7. The minimum absolute atomic E-state index is 0.0216. The minimum Gasteiger partial charge on any atom is -0.384 e. The maximum Gasteiger partial charge on any atom is 0.157 e. The Hall–Kier alpha value is -0.560. The van der Waals surface area contributed by atoms with Crippen LogP contribution in [-0.2, 0) is 9.47 Å². The van der Waals surface area contributed by atoms with Gasteiger partial charge in [-0.15, -0.1) is 5.92 Å². The molecule has 0 aromatic rings. The summed E-state index contributed by atoms with van der Waals surface area (Å²) in [6.45, 7) is 2.96. The number of unbranched alkanes of at least 4 members (excludes halogenated alkanes) is 3. The first kappa shape index (κ1) is 15.5. The number of rotatable bonds is 7. The molecule has 0 radical (unpaired) electrons. The Kier molecular flexibility index (Phi) is 8.93. The highest BCUT2D eigenvalue weighted by Gasteiger charge is 2.16. The fourth-order valence-corrected chi connectivity index (χ4v) is 2.11. The van der Waals surface area contributed by atoms with Crippen LogP contribution in [0.3, 0.4) is 0 Å². The van der Waals surface area contributed by atoms with Crippen LogP contribution in [0.15, 0.2) is 0 Å². The third-order valence-corrected chi connectivity index (χ3v) is 3.14. The van der Waals surface area contributed by atoms with Crippen molar-refractivity contribution in [2.75, 3.05) is 13.2 Å². The lowest BCUT2D eigenvalue weighted by Gasteiger charge is -2.26. The van der Waals surface area contributed by atoms with Crippen LogP contribution in [0.25, 0.3) is 0 Å². The molecule has 2 unspecified atom stereocenters. The van der Waals surface area contributed by atoms with Gasteiger partial charge >= 0.3 is 0 Å². The highest BCUT2D eigenvalue weighted by molar-refractivity contribution is 4.98. The normalized spacial score (nSPS) is 21.1. The molecule has 0 saturated carbocycles. The van der Waals surface area contributed by atoms with E-state index in [0.29, 0.717) is 0 Å². The Morgan fingerprint density at radius 2 is 2.17 bits per heavy atom. The summed E-state index contributed by atoms with van der Waals surface area (Å²) < 4.78 is 11.4. The summed E-state index contributed by atoms with van der Waals surface area (Å²) in [7, 11) is 0. The second kappa shape index (κ2) is 10.4. The van der Waals surface area contributed by atoms with Gasteiger partial charge in [-0.1, -0.05) is 18.8 Å². The van der Waals surface area contributed by atoms with E-state index < -0.39 is 0 Å². The van der Waals surface area contributed by atoms with Crippen LogP contribution in [0.2, 0.25) is 0 Å². The molecule has 1 aliphatic heterocycles. The molecule has 3 heteroatoms. The Labute approximate surface area is 111 Å². The van der Waals surface area contributed by atoms with E-state index in [4.69, 9.17) is 14.6 Å². The van der Waals surface area contributed by atoms with Crippen molar-refractivity contribution in [2.45, 2.75) is 70.7 Å². The van der Waals surface area contributed by atoms with Gasteiger partial charge < -0.3 is 14.6 Å². The van der Waals surface area contributed by atoms with Gasteiger partial charge in [-0.3, -0.25) is 0 Å². The molecule has 0 bridgehead atoms. The predicted molar refractivity (Wildman–Crippen MR) is 72.1 cm³/mol.